The number of carbonyl (C=O) groups is 1. The molecule has 0 bridgehead atoms. The van der Waals surface area contributed by atoms with Crippen LogP contribution in [0.25, 0.3) is 0 Å². The highest BCUT2D eigenvalue weighted by Gasteiger charge is 2.18. The first-order chi connectivity index (χ1) is 9.22. The number of pyridine rings is 1. The van der Waals surface area contributed by atoms with Crippen LogP contribution in [0.3, 0.4) is 0 Å². The smallest absolute Gasteiger partial charge is 0.239 e. The van der Waals surface area contributed by atoms with Crippen LogP contribution in [0, 0.1) is 0 Å². The Hall–Kier alpha value is -1.95. The van der Waals surface area contributed by atoms with E-state index in [1.54, 1.807) is 10.7 Å². The lowest BCUT2D eigenvalue weighted by Gasteiger charge is -2.23. The van der Waals surface area contributed by atoms with Gasteiger partial charge in [-0.05, 0) is 25.0 Å². The minimum atomic E-state index is -0.466. The number of primary amides is 1. The summed E-state index contributed by atoms with van der Waals surface area (Å²) in [5, 5.41) is 4.00. The molecule has 2 N–H and O–H groups in total. The Morgan fingerprint density at radius 2 is 2.21 bits per heavy atom. The second-order valence-electron chi connectivity index (χ2n) is 4.43. The van der Waals surface area contributed by atoms with Gasteiger partial charge in [0.15, 0.2) is 0 Å². The monoisotopic (exact) mass is 262 g/mol. The van der Waals surface area contributed by atoms with Crippen molar-refractivity contribution in [1.82, 2.24) is 4.68 Å². The molecule has 1 fully saturated rings. The topological polar surface area (TPSA) is 82.0 Å². The summed E-state index contributed by atoms with van der Waals surface area (Å²) in [5.41, 5.74) is 6.75. The minimum Gasteiger partial charge on any atom is -0.381 e. The van der Waals surface area contributed by atoms with Gasteiger partial charge in [0.1, 0.15) is 12.0 Å². The lowest BCUT2D eigenvalue weighted by atomic mass is 9.96. The minimum absolute atomic E-state index is 0.0489. The van der Waals surface area contributed by atoms with Crippen LogP contribution < -0.4 is 11.2 Å². The largest absolute Gasteiger partial charge is 0.381 e. The molecule has 2 heterocycles. The Kier molecular flexibility index (Phi) is 4.46. The predicted octanol–water partition coefficient (Wildman–Crippen LogP) is 0.232. The molecule has 1 saturated heterocycles. The van der Waals surface area contributed by atoms with E-state index >= 15 is 0 Å². The van der Waals surface area contributed by atoms with E-state index in [0.29, 0.717) is 11.4 Å². The molecule has 2 rings (SSSR count). The van der Waals surface area contributed by atoms with Gasteiger partial charge in [0, 0.05) is 31.5 Å². The number of hydrogen-bond donors (Lipinski definition) is 1. The van der Waals surface area contributed by atoms with Gasteiger partial charge in [-0.1, -0.05) is 6.07 Å². The molecule has 6 nitrogen and oxygen atoms in total. The van der Waals surface area contributed by atoms with Crippen molar-refractivity contribution in [2.24, 2.45) is 15.8 Å². The summed E-state index contributed by atoms with van der Waals surface area (Å²) in [6.07, 6.45) is 1.91. The molecule has 102 valence electrons. The third-order valence-corrected chi connectivity index (χ3v) is 3.15. The van der Waals surface area contributed by atoms with Gasteiger partial charge in [0.05, 0.1) is 0 Å². The Balaban J connectivity index is 2.38. The van der Waals surface area contributed by atoms with Gasteiger partial charge in [-0.25, -0.2) is 4.68 Å². The Labute approximate surface area is 111 Å². The Morgan fingerprint density at radius 3 is 2.84 bits per heavy atom. The summed E-state index contributed by atoms with van der Waals surface area (Å²) in [6.45, 7) is 5.04. The first kappa shape index (κ1) is 13.5. The number of nitrogens with zero attached hydrogens (tertiary/aromatic N) is 3. The van der Waals surface area contributed by atoms with Crippen molar-refractivity contribution >= 4 is 12.6 Å². The van der Waals surface area contributed by atoms with E-state index in [0.717, 1.165) is 31.7 Å². The zero-order chi connectivity index (χ0) is 13.7. The number of nitrogens with two attached hydrogens (primary N) is 1. The van der Waals surface area contributed by atoms with Gasteiger partial charge >= 0.3 is 0 Å². The van der Waals surface area contributed by atoms with Crippen LogP contribution in [0.4, 0.5) is 0 Å². The molecule has 0 spiro atoms. The van der Waals surface area contributed by atoms with Crippen LogP contribution in [0.1, 0.15) is 24.5 Å². The van der Waals surface area contributed by atoms with Crippen molar-refractivity contribution < 1.29 is 9.53 Å². The van der Waals surface area contributed by atoms with Gasteiger partial charge in [-0.3, -0.25) is 9.79 Å². The zero-order valence-electron chi connectivity index (χ0n) is 10.8. The fraction of sp³-hybridized carbons (Fsp3) is 0.462. The number of aromatic nitrogens is 1. The number of amides is 1. The molecular formula is C13H18N4O2. The molecule has 1 aromatic rings. The standard InChI is InChI=1S/C13H18N4O2/c1-15-17-11(10-5-7-19-8-6-10)3-2-4-13(17)16-9-12(14)18/h2-4,10H,1,5-9H2,(H2,14,18). The maximum Gasteiger partial charge on any atom is 0.239 e. The summed E-state index contributed by atoms with van der Waals surface area (Å²) in [4.78, 5) is 15.0. The average Bonchev–Trinajstić information content (AvgIpc) is 2.45. The van der Waals surface area contributed by atoms with Gasteiger partial charge < -0.3 is 10.5 Å². The molecule has 19 heavy (non-hydrogen) atoms. The van der Waals surface area contributed by atoms with E-state index in [2.05, 4.69) is 16.8 Å². The molecule has 0 saturated carbocycles. The Bertz CT molecular complexity index is 530. The predicted molar refractivity (Wildman–Crippen MR) is 71.8 cm³/mol. The summed E-state index contributed by atoms with van der Waals surface area (Å²) in [5.74, 6) is -0.0879. The number of rotatable bonds is 4. The second-order valence-corrected chi connectivity index (χ2v) is 4.43. The summed E-state index contributed by atoms with van der Waals surface area (Å²) >= 11 is 0. The van der Waals surface area contributed by atoms with Gasteiger partial charge in [0.2, 0.25) is 5.91 Å². The lowest BCUT2D eigenvalue weighted by Crippen LogP contribution is -2.26. The second kappa shape index (κ2) is 6.29. The molecule has 0 aliphatic carbocycles. The third-order valence-electron chi connectivity index (χ3n) is 3.15. The van der Waals surface area contributed by atoms with Crippen molar-refractivity contribution in [1.29, 1.82) is 0 Å². The van der Waals surface area contributed by atoms with Gasteiger partial charge in [-0.15, -0.1) is 0 Å². The van der Waals surface area contributed by atoms with Crippen molar-refractivity contribution in [3.05, 3.63) is 29.4 Å². The molecular weight excluding hydrogens is 244 g/mol. The van der Waals surface area contributed by atoms with Crippen molar-refractivity contribution in [3.8, 4) is 0 Å². The lowest BCUT2D eigenvalue weighted by molar-refractivity contribution is -0.116. The molecule has 6 heteroatoms. The van der Waals surface area contributed by atoms with Crippen LogP contribution in [-0.2, 0) is 9.53 Å². The molecule has 1 amide bonds. The normalized spacial score (nSPS) is 17.4. The number of carbonyl (C=O) groups excluding carboxylic acids is 1. The maximum atomic E-state index is 10.8. The molecule has 0 radical (unpaired) electrons. The molecule has 0 aromatic carbocycles. The fourth-order valence-electron chi connectivity index (χ4n) is 2.24. The molecule has 1 aromatic heterocycles. The summed E-state index contributed by atoms with van der Waals surface area (Å²) in [6, 6.07) is 5.71. The van der Waals surface area contributed by atoms with Crippen LogP contribution in [0.15, 0.2) is 28.3 Å². The summed E-state index contributed by atoms with van der Waals surface area (Å²) in [7, 11) is 0. The highest BCUT2D eigenvalue weighted by atomic mass is 16.5. The molecule has 1 aliphatic heterocycles. The SMILES string of the molecule is C=Nn1c(C2CCOCC2)cccc1=NCC(N)=O. The van der Waals surface area contributed by atoms with E-state index in [1.807, 2.05) is 12.1 Å². The first-order valence-corrected chi connectivity index (χ1v) is 6.28. The quantitative estimate of drug-likeness (QED) is 0.788. The maximum absolute atomic E-state index is 10.8. The van der Waals surface area contributed by atoms with Crippen LogP contribution in [0.2, 0.25) is 0 Å². The number of hydrogen-bond acceptors (Lipinski definition) is 4. The van der Waals surface area contributed by atoms with Crippen molar-refractivity contribution in [3.63, 3.8) is 0 Å². The summed E-state index contributed by atoms with van der Waals surface area (Å²) < 4.78 is 7.04. The zero-order valence-corrected chi connectivity index (χ0v) is 10.8. The highest BCUT2D eigenvalue weighted by molar-refractivity contribution is 5.75. The van der Waals surface area contributed by atoms with Crippen molar-refractivity contribution in [2.45, 2.75) is 18.8 Å². The van der Waals surface area contributed by atoms with Gasteiger partial charge in [-0.2, -0.15) is 5.10 Å². The van der Waals surface area contributed by atoms with E-state index < -0.39 is 5.91 Å². The molecule has 1 aliphatic rings. The van der Waals surface area contributed by atoms with Crippen molar-refractivity contribution in [2.75, 3.05) is 19.8 Å². The van der Waals surface area contributed by atoms with E-state index in [1.165, 1.54) is 0 Å². The first-order valence-electron chi connectivity index (χ1n) is 6.28. The number of ether oxygens (including phenoxy) is 1. The van der Waals surface area contributed by atoms with Gasteiger partial charge in [0.25, 0.3) is 0 Å². The van der Waals surface area contributed by atoms with E-state index in [4.69, 9.17) is 10.5 Å². The molecule has 0 unspecified atom stereocenters. The van der Waals surface area contributed by atoms with Crippen LogP contribution >= 0.6 is 0 Å². The van der Waals surface area contributed by atoms with E-state index in [-0.39, 0.29) is 6.54 Å². The van der Waals surface area contributed by atoms with Crippen LogP contribution in [-0.4, -0.2) is 37.1 Å². The Morgan fingerprint density at radius 1 is 1.47 bits per heavy atom. The third kappa shape index (κ3) is 3.29. The average molecular weight is 262 g/mol. The highest BCUT2D eigenvalue weighted by Crippen LogP contribution is 2.25. The molecule has 0 atom stereocenters. The fourth-order valence-corrected chi connectivity index (χ4v) is 2.24. The van der Waals surface area contributed by atoms with Crippen LogP contribution in [0.5, 0.6) is 0 Å². The van der Waals surface area contributed by atoms with E-state index in [9.17, 15) is 4.79 Å².